The summed E-state index contributed by atoms with van der Waals surface area (Å²) in [4.78, 5) is 34.4. The van der Waals surface area contributed by atoms with Crippen molar-refractivity contribution in [2.24, 2.45) is 0 Å². The number of fused-ring (bicyclic) bond motifs is 1. The summed E-state index contributed by atoms with van der Waals surface area (Å²) in [5, 5.41) is 11.3. The summed E-state index contributed by atoms with van der Waals surface area (Å²) in [6, 6.07) is 19.2. The fraction of sp³-hybridized carbons (Fsp3) is 0.143. The Morgan fingerprint density at radius 3 is 2.41 bits per heavy atom. The number of hydrogen-bond acceptors (Lipinski definition) is 6. The van der Waals surface area contributed by atoms with Gasteiger partial charge in [0.15, 0.2) is 11.3 Å². The standard InChI is InChI=1S/C28H24N4O5S2/c1-3-23-30-24-17(2)15-21(28(34)35)29-26(24)31(23)16-18-9-11-19(12-10-18)25-22(13-14-38-25)32(39(36)37)27(33)20-7-5-4-6-8-20/h4-15H,3,16H2,1-2H3,(H,34,35)(H,36,37). The molecule has 5 rings (SSSR count). The van der Waals surface area contributed by atoms with Crippen molar-refractivity contribution in [1.29, 1.82) is 0 Å². The van der Waals surface area contributed by atoms with Gasteiger partial charge in [-0.3, -0.25) is 9.35 Å². The first-order valence-electron chi connectivity index (χ1n) is 12.1. The fourth-order valence-corrected chi connectivity index (χ4v) is 5.93. The second kappa shape index (κ2) is 10.9. The Hall–Kier alpha value is -4.19. The van der Waals surface area contributed by atoms with Gasteiger partial charge >= 0.3 is 5.97 Å². The van der Waals surface area contributed by atoms with Crippen LogP contribution in [0.1, 0.15) is 44.7 Å². The van der Waals surface area contributed by atoms with E-state index in [1.165, 1.54) is 17.4 Å². The molecule has 11 heteroatoms. The summed E-state index contributed by atoms with van der Waals surface area (Å²) >= 11 is -1.20. The van der Waals surface area contributed by atoms with Crippen LogP contribution in [-0.4, -0.2) is 40.3 Å². The molecule has 0 bridgehead atoms. The molecule has 39 heavy (non-hydrogen) atoms. The van der Waals surface area contributed by atoms with Gasteiger partial charge in [0.05, 0.1) is 17.1 Å². The minimum absolute atomic E-state index is 0.0275. The van der Waals surface area contributed by atoms with Crippen LogP contribution in [0.15, 0.2) is 72.1 Å². The summed E-state index contributed by atoms with van der Waals surface area (Å²) in [5.41, 5.74) is 4.30. The molecule has 0 aliphatic carbocycles. The second-order valence-electron chi connectivity index (χ2n) is 8.80. The first-order valence-corrected chi connectivity index (χ1v) is 14.0. The predicted molar refractivity (Wildman–Crippen MR) is 151 cm³/mol. The summed E-state index contributed by atoms with van der Waals surface area (Å²) in [5.74, 6) is -0.867. The predicted octanol–water partition coefficient (Wildman–Crippen LogP) is 5.56. The molecule has 5 aromatic rings. The maximum atomic E-state index is 13.1. The first-order chi connectivity index (χ1) is 18.8. The summed E-state index contributed by atoms with van der Waals surface area (Å²) in [6.45, 7) is 4.25. The quantitative estimate of drug-likeness (QED) is 0.238. The highest BCUT2D eigenvalue weighted by Crippen LogP contribution is 2.37. The number of carboxylic acids is 1. The van der Waals surface area contributed by atoms with E-state index in [2.05, 4.69) is 4.98 Å². The van der Waals surface area contributed by atoms with E-state index in [0.29, 0.717) is 40.3 Å². The Balaban J connectivity index is 1.48. The molecule has 0 fully saturated rings. The Bertz CT molecular complexity index is 1710. The van der Waals surface area contributed by atoms with Gasteiger partial charge in [-0.15, -0.1) is 11.3 Å². The lowest BCUT2D eigenvalue weighted by Gasteiger charge is -2.19. The van der Waals surface area contributed by atoms with Crippen molar-refractivity contribution >= 4 is 51.3 Å². The molecule has 0 aliphatic heterocycles. The highest BCUT2D eigenvalue weighted by atomic mass is 32.2. The third-order valence-electron chi connectivity index (χ3n) is 6.29. The van der Waals surface area contributed by atoms with Crippen LogP contribution in [0.25, 0.3) is 21.6 Å². The molecule has 2 N–H and O–H groups in total. The molecule has 0 aliphatic rings. The lowest BCUT2D eigenvalue weighted by molar-refractivity contribution is 0.0690. The molecule has 0 saturated carbocycles. The summed E-state index contributed by atoms with van der Waals surface area (Å²) < 4.78 is 25.1. The van der Waals surface area contributed by atoms with Crippen molar-refractivity contribution in [1.82, 2.24) is 14.5 Å². The summed E-state index contributed by atoms with van der Waals surface area (Å²) in [6.07, 6.45) is 0.651. The van der Waals surface area contributed by atoms with Gasteiger partial charge in [-0.1, -0.05) is 49.4 Å². The van der Waals surface area contributed by atoms with Crippen LogP contribution in [0.3, 0.4) is 0 Å². The van der Waals surface area contributed by atoms with Gasteiger partial charge in [0.25, 0.3) is 17.2 Å². The van der Waals surface area contributed by atoms with Gasteiger partial charge in [-0.25, -0.2) is 23.3 Å². The van der Waals surface area contributed by atoms with Crippen LogP contribution in [0.2, 0.25) is 0 Å². The normalized spacial score (nSPS) is 12.0. The number of pyridine rings is 1. The molecule has 0 saturated heterocycles. The van der Waals surface area contributed by atoms with Crippen molar-refractivity contribution in [3.8, 4) is 10.4 Å². The third kappa shape index (κ3) is 5.11. The van der Waals surface area contributed by atoms with E-state index in [1.54, 1.807) is 41.8 Å². The average molecular weight is 561 g/mol. The van der Waals surface area contributed by atoms with Crippen molar-refractivity contribution in [2.45, 2.75) is 26.8 Å². The van der Waals surface area contributed by atoms with E-state index in [1.807, 2.05) is 42.7 Å². The highest BCUT2D eigenvalue weighted by molar-refractivity contribution is 7.81. The second-order valence-corrected chi connectivity index (χ2v) is 10.5. The lowest BCUT2D eigenvalue weighted by atomic mass is 10.1. The molecule has 1 unspecified atom stereocenters. The molecule has 3 heterocycles. The van der Waals surface area contributed by atoms with Crippen LogP contribution >= 0.6 is 11.3 Å². The number of carbonyl (C=O) groups is 2. The zero-order valence-electron chi connectivity index (χ0n) is 21.1. The van der Waals surface area contributed by atoms with Crippen molar-refractivity contribution in [2.75, 3.05) is 4.31 Å². The number of imidazole rings is 1. The molecule has 9 nitrogen and oxygen atoms in total. The zero-order chi connectivity index (χ0) is 27.7. The van der Waals surface area contributed by atoms with Crippen LogP contribution < -0.4 is 4.31 Å². The molecule has 198 valence electrons. The van der Waals surface area contributed by atoms with Gasteiger partial charge in [0.2, 0.25) is 0 Å². The topological polar surface area (TPSA) is 126 Å². The van der Waals surface area contributed by atoms with Gasteiger partial charge in [0, 0.05) is 12.0 Å². The number of hydrogen-bond donors (Lipinski definition) is 2. The number of thiophene rings is 1. The number of benzene rings is 2. The zero-order valence-corrected chi connectivity index (χ0v) is 22.7. The Labute approximate surface area is 230 Å². The van der Waals surface area contributed by atoms with Crippen molar-refractivity contribution < 1.29 is 23.5 Å². The molecule has 3 aromatic heterocycles. The van der Waals surface area contributed by atoms with Crippen LogP contribution in [0.4, 0.5) is 5.69 Å². The van der Waals surface area contributed by atoms with E-state index in [9.17, 15) is 23.5 Å². The molecule has 2 aromatic carbocycles. The number of nitrogens with zero attached hydrogens (tertiary/aromatic N) is 4. The average Bonchev–Trinajstić information content (AvgIpc) is 3.55. The highest BCUT2D eigenvalue weighted by Gasteiger charge is 2.26. The van der Waals surface area contributed by atoms with Gasteiger partial charge in [-0.2, -0.15) is 0 Å². The number of carbonyl (C=O) groups excluding carboxylic acids is 1. The van der Waals surface area contributed by atoms with Gasteiger partial charge in [-0.05, 0) is 53.3 Å². The lowest BCUT2D eigenvalue weighted by Crippen LogP contribution is -2.32. The van der Waals surface area contributed by atoms with E-state index in [4.69, 9.17) is 4.98 Å². The van der Waals surface area contributed by atoms with Gasteiger partial charge < -0.3 is 9.67 Å². The molecule has 0 radical (unpaired) electrons. The number of aromatic nitrogens is 3. The van der Waals surface area contributed by atoms with E-state index in [-0.39, 0.29) is 5.69 Å². The number of carboxylic acid groups (broad SMARTS) is 1. The molecular weight excluding hydrogens is 536 g/mol. The maximum absolute atomic E-state index is 13.1. The number of aryl methyl sites for hydroxylation is 2. The molecule has 1 amide bonds. The minimum atomic E-state index is -2.57. The number of amides is 1. The molecular formula is C28H24N4O5S2. The number of anilines is 1. The van der Waals surface area contributed by atoms with Crippen LogP contribution in [0, 0.1) is 6.92 Å². The van der Waals surface area contributed by atoms with Crippen molar-refractivity contribution in [3.05, 3.63) is 100 Å². The smallest absolute Gasteiger partial charge is 0.354 e. The van der Waals surface area contributed by atoms with E-state index in [0.717, 1.165) is 26.8 Å². The monoisotopic (exact) mass is 560 g/mol. The Morgan fingerprint density at radius 2 is 1.77 bits per heavy atom. The van der Waals surface area contributed by atoms with E-state index >= 15 is 0 Å². The van der Waals surface area contributed by atoms with Crippen LogP contribution in [-0.2, 0) is 24.2 Å². The van der Waals surface area contributed by atoms with Crippen LogP contribution in [0.5, 0.6) is 0 Å². The number of rotatable bonds is 8. The maximum Gasteiger partial charge on any atom is 0.354 e. The van der Waals surface area contributed by atoms with E-state index < -0.39 is 23.1 Å². The third-order valence-corrected chi connectivity index (χ3v) is 7.92. The summed E-state index contributed by atoms with van der Waals surface area (Å²) in [7, 11) is 0. The molecule has 1 atom stereocenters. The Morgan fingerprint density at radius 1 is 1.05 bits per heavy atom. The minimum Gasteiger partial charge on any atom is -0.477 e. The SMILES string of the molecule is CCc1nc2c(C)cc(C(=O)O)nc2n1Cc1ccc(-c2sccc2N(C(=O)c2ccccc2)S(=O)O)cc1. The first kappa shape index (κ1) is 26.4. The molecule has 0 spiro atoms. The fourth-order valence-electron chi connectivity index (χ4n) is 4.42. The van der Waals surface area contributed by atoms with Gasteiger partial charge in [0.1, 0.15) is 11.3 Å². The number of aromatic carboxylic acids is 1. The van der Waals surface area contributed by atoms with Crippen molar-refractivity contribution in [3.63, 3.8) is 0 Å². The largest absolute Gasteiger partial charge is 0.477 e. The Kier molecular flexibility index (Phi) is 7.38.